The molecule has 0 aliphatic carbocycles. The van der Waals surface area contributed by atoms with Crippen molar-refractivity contribution >= 4 is 16.7 Å². The number of aromatic amines is 1. The Morgan fingerprint density at radius 3 is 3.05 bits per heavy atom. The van der Waals surface area contributed by atoms with Crippen LogP contribution in [0.4, 0.5) is 0 Å². The van der Waals surface area contributed by atoms with E-state index in [1.165, 1.54) is 0 Å². The second-order valence-electron chi connectivity index (χ2n) is 4.18. The van der Waals surface area contributed by atoms with Crippen LogP contribution in [0, 0.1) is 0 Å². The van der Waals surface area contributed by atoms with Crippen molar-refractivity contribution in [3.63, 3.8) is 0 Å². The van der Waals surface area contributed by atoms with Gasteiger partial charge in [0.25, 0.3) is 0 Å². The van der Waals surface area contributed by atoms with Crippen LogP contribution < -0.4 is 4.74 Å². The molecule has 0 saturated carbocycles. The molecule has 0 atom stereocenters. The van der Waals surface area contributed by atoms with Gasteiger partial charge in [0, 0.05) is 40.6 Å². The Balaban J connectivity index is 2.08. The minimum atomic E-state index is -0.0434. The molecule has 0 bridgehead atoms. The Morgan fingerprint density at radius 2 is 2.21 bits per heavy atom. The summed E-state index contributed by atoms with van der Waals surface area (Å²) in [6.45, 7) is 0. The first-order chi connectivity index (χ1) is 9.29. The molecule has 3 aromatic rings. The van der Waals surface area contributed by atoms with Crippen molar-refractivity contribution in [3.05, 3.63) is 60.0 Å². The van der Waals surface area contributed by atoms with Crippen molar-refractivity contribution in [2.24, 2.45) is 0 Å². The number of nitrogens with one attached hydrogen (secondary N) is 1. The lowest BCUT2D eigenvalue weighted by Gasteiger charge is -2.03. The molecule has 3 rings (SSSR count). The predicted molar refractivity (Wildman–Crippen MR) is 72.5 cm³/mol. The average Bonchev–Trinajstić information content (AvgIpc) is 2.90. The summed E-state index contributed by atoms with van der Waals surface area (Å²) in [5.74, 6) is 0.627. The molecule has 0 spiro atoms. The van der Waals surface area contributed by atoms with Gasteiger partial charge in [-0.2, -0.15) is 0 Å². The second kappa shape index (κ2) is 4.57. The summed E-state index contributed by atoms with van der Waals surface area (Å²) >= 11 is 0. The van der Waals surface area contributed by atoms with E-state index in [1.54, 1.807) is 43.9 Å². The van der Waals surface area contributed by atoms with Crippen molar-refractivity contribution in [2.75, 3.05) is 7.11 Å². The molecule has 4 heteroatoms. The number of H-pyrrole nitrogens is 1. The normalized spacial score (nSPS) is 10.6. The van der Waals surface area contributed by atoms with E-state index in [2.05, 4.69) is 9.97 Å². The zero-order chi connectivity index (χ0) is 13.2. The molecule has 0 aliphatic heterocycles. The highest BCUT2D eigenvalue weighted by Gasteiger charge is 2.14. The number of ether oxygens (including phenoxy) is 1. The third kappa shape index (κ3) is 1.97. The number of aromatic nitrogens is 2. The summed E-state index contributed by atoms with van der Waals surface area (Å²) in [5.41, 5.74) is 2.13. The van der Waals surface area contributed by atoms with Crippen molar-refractivity contribution in [1.29, 1.82) is 0 Å². The van der Waals surface area contributed by atoms with Gasteiger partial charge >= 0.3 is 0 Å². The Labute approximate surface area is 110 Å². The fourth-order valence-electron chi connectivity index (χ4n) is 2.07. The first-order valence-electron chi connectivity index (χ1n) is 5.89. The number of carbonyl (C=O) groups is 1. The summed E-state index contributed by atoms with van der Waals surface area (Å²) in [6, 6.07) is 8.97. The minimum Gasteiger partial charge on any atom is -0.497 e. The van der Waals surface area contributed by atoms with Gasteiger partial charge in [0.15, 0.2) is 5.78 Å². The summed E-state index contributed by atoms with van der Waals surface area (Å²) in [4.78, 5) is 19.6. The maximum absolute atomic E-state index is 12.5. The summed E-state index contributed by atoms with van der Waals surface area (Å²) in [7, 11) is 1.58. The Bertz CT molecular complexity index is 746. The maximum atomic E-state index is 12.5. The fraction of sp³-hybridized carbons (Fsp3) is 0.0667. The highest BCUT2D eigenvalue weighted by atomic mass is 16.5. The van der Waals surface area contributed by atoms with Crippen molar-refractivity contribution in [2.45, 2.75) is 0 Å². The highest BCUT2D eigenvalue weighted by molar-refractivity contribution is 6.16. The lowest BCUT2D eigenvalue weighted by molar-refractivity contribution is 0.104. The molecule has 0 unspecified atom stereocenters. The van der Waals surface area contributed by atoms with Gasteiger partial charge in [-0.05, 0) is 18.2 Å². The molecule has 0 saturated heterocycles. The van der Waals surface area contributed by atoms with Gasteiger partial charge in [-0.15, -0.1) is 0 Å². The van der Waals surface area contributed by atoms with Gasteiger partial charge in [0.1, 0.15) is 5.75 Å². The Hall–Kier alpha value is -2.62. The van der Waals surface area contributed by atoms with Crippen LogP contribution in [-0.4, -0.2) is 22.9 Å². The summed E-state index contributed by atoms with van der Waals surface area (Å²) in [5, 5.41) is 0.829. The molecule has 19 heavy (non-hydrogen) atoms. The second-order valence-corrected chi connectivity index (χ2v) is 4.18. The van der Waals surface area contributed by atoms with Crippen LogP contribution in [0.15, 0.2) is 48.9 Å². The topological polar surface area (TPSA) is 55.0 Å². The fourth-order valence-corrected chi connectivity index (χ4v) is 2.07. The van der Waals surface area contributed by atoms with Crippen LogP contribution in [0.2, 0.25) is 0 Å². The molecule has 2 heterocycles. The molecule has 94 valence electrons. The predicted octanol–water partition coefficient (Wildman–Crippen LogP) is 2.80. The minimum absolute atomic E-state index is 0.0434. The van der Waals surface area contributed by atoms with Crippen LogP contribution in [-0.2, 0) is 0 Å². The third-order valence-electron chi connectivity index (χ3n) is 3.06. The van der Waals surface area contributed by atoms with E-state index in [4.69, 9.17) is 4.74 Å². The molecule has 1 aromatic carbocycles. The Morgan fingerprint density at radius 1 is 1.32 bits per heavy atom. The van der Waals surface area contributed by atoms with E-state index in [1.807, 2.05) is 12.1 Å². The molecule has 1 N–H and O–H groups in total. The van der Waals surface area contributed by atoms with Crippen molar-refractivity contribution in [3.8, 4) is 5.75 Å². The number of pyridine rings is 1. The van der Waals surface area contributed by atoms with Gasteiger partial charge in [0.2, 0.25) is 0 Å². The molecule has 0 amide bonds. The van der Waals surface area contributed by atoms with Crippen molar-refractivity contribution < 1.29 is 9.53 Å². The molecule has 0 fully saturated rings. The Kier molecular flexibility index (Phi) is 2.76. The standard InChI is InChI=1S/C15H12N2O2/c1-19-11-4-2-3-10(7-11)15(18)13-9-17-14-5-6-16-8-12(13)14/h2-9,17H,1H3. The highest BCUT2D eigenvalue weighted by Crippen LogP contribution is 2.21. The summed E-state index contributed by atoms with van der Waals surface area (Å²) < 4.78 is 5.14. The van der Waals surface area contributed by atoms with E-state index >= 15 is 0 Å². The van der Waals surface area contributed by atoms with E-state index in [9.17, 15) is 4.79 Å². The molecule has 2 aromatic heterocycles. The first-order valence-corrected chi connectivity index (χ1v) is 5.89. The third-order valence-corrected chi connectivity index (χ3v) is 3.06. The average molecular weight is 252 g/mol. The number of nitrogens with zero attached hydrogens (tertiary/aromatic N) is 1. The molecule has 4 nitrogen and oxygen atoms in total. The summed E-state index contributed by atoms with van der Waals surface area (Å²) in [6.07, 6.45) is 5.10. The zero-order valence-electron chi connectivity index (χ0n) is 10.4. The largest absolute Gasteiger partial charge is 0.497 e. The molecular formula is C15H12N2O2. The monoisotopic (exact) mass is 252 g/mol. The zero-order valence-corrected chi connectivity index (χ0v) is 10.4. The first kappa shape index (κ1) is 11.5. The van der Waals surface area contributed by atoms with E-state index < -0.39 is 0 Å². The smallest absolute Gasteiger partial charge is 0.195 e. The molecular weight excluding hydrogens is 240 g/mol. The van der Waals surface area contributed by atoms with Crippen LogP contribution in [0.25, 0.3) is 10.9 Å². The number of fused-ring (bicyclic) bond motifs is 1. The van der Waals surface area contributed by atoms with Crippen LogP contribution in [0.3, 0.4) is 0 Å². The lowest BCUT2D eigenvalue weighted by atomic mass is 10.0. The van der Waals surface area contributed by atoms with Gasteiger partial charge in [-0.1, -0.05) is 12.1 Å². The quantitative estimate of drug-likeness (QED) is 0.729. The van der Waals surface area contributed by atoms with E-state index in [0.29, 0.717) is 16.9 Å². The van der Waals surface area contributed by atoms with Crippen LogP contribution >= 0.6 is 0 Å². The number of hydrogen-bond donors (Lipinski definition) is 1. The van der Waals surface area contributed by atoms with Gasteiger partial charge in [0.05, 0.1) is 7.11 Å². The van der Waals surface area contributed by atoms with E-state index in [-0.39, 0.29) is 5.78 Å². The van der Waals surface area contributed by atoms with Crippen molar-refractivity contribution in [1.82, 2.24) is 9.97 Å². The van der Waals surface area contributed by atoms with E-state index in [0.717, 1.165) is 10.9 Å². The van der Waals surface area contributed by atoms with Crippen LogP contribution in [0.5, 0.6) is 5.75 Å². The SMILES string of the molecule is COc1cccc(C(=O)c2c[nH]c3ccncc23)c1. The maximum Gasteiger partial charge on any atom is 0.195 e. The van der Waals surface area contributed by atoms with Gasteiger partial charge in [-0.25, -0.2) is 0 Å². The molecule has 0 aliphatic rings. The molecule has 0 radical (unpaired) electrons. The number of benzene rings is 1. The number of methoxy groups -OCH3 is 1. The lowest BCUT2D eigenvalue weighted by Crippen LogP contribution is -2.00. The van der Waals surface area contributed by atoms with Gasteiger partial charge in [-0.3, -0.25) is 9.78 Å². The number of hydrogen-bond acceptors (Lipinski definition) is 3. The number of rotatable bonds is 3. The number of carbonyl (C=O) groups excluding carboxylic acids is 1. The van der Waals surface area contributed by atoms with Gasteiger partial charge < -0.3 is 9.72 Å². The van der Waals surface area contributed by atoms with Crippen LogP contribution in [0.1, 0.15) is 15.9 Å². The number of ketones is 1.